The lowest BCUT2D eigenvalue weighted by Crippen LogP contribution is -2.50. The molecule has 1 saturated heterocycles. The largest absolute Gasteiger partial charge is 0.496 e. The van der Waals surface area contributed by atoms with Crippen LogP contribution < -0.4 is 14.8 Å². The van der Waals surface area contributed by atoms with Crippen LogP contribution >= 0.6 is 0 Å². The Hall–Kier alpha value is -1.83. The summed E-state index contributed by atoms with van der Waals surface area (Å²) in [6, 6.07) is 5.22. The summed E-state index contributed by atoms with van der Waals surface area (Å²) in [5.74, 6) is 0.659. The average molecular weight is 339 g/mol. The van der Waals surface area contributed by atoms with Crippen molar-refractivity contribution in [3.05, 3.63) is 23.8 Å². The van der Waals surface area contributed by atoms with Crippen LogP contribution in [0.2, 0.25) is 0 Å². The van der Waals surface area contributed by atoms with E-state index in [-0.39, 0.29) is 24.0 Å². The van der Waals surface area contributed by atoms with Gasteiger partial charge in [-0.05, 0) is 12.1 Å². The number of benzene rings is 1. The van der Waals surface area contributed by atoms with Crippen molar-refractivity contribution in [2.75, 3.05) is 48.2 Å². The Labute approximate surface area is 142 Å². The van der Waals surface area contributed by atoms with Crippen LogP contribution in [0.5, 0.6) is 11.5 Å². The topological polar surface area (TPSA) is 75.3 Å². The molecule has 0 saturated carbocycles. The van der Waals surface area contributed by atoms with Crippen LogP contribution in [-0.2, 0) is 14.2 Å². The van der Waals surface area contributed by atoms with E-state index in [0.717, 1.165) is 0 Å². The molecule has 1 amide bonds. The van der Waals surface area contributed by atoms with E-state index in [1.807, 2.05) is 0 Å². The minimum atomic E-state index is -0.265. The highest BCUT2D eigenvalue weighted by Gasteiger charge is 2.34. The lowest BCUT2D eigenvalue weighted by Gasteiger charge is -2.36. The highest BCUT2D eigenvalue weighted by atomic mass is 16.6. The van der Waals surface area contributed by atoms with Gasteiger partial charge in [0, 0.05) is 26.7 Å². The van der Waals surface area contributed by atoms with Gasteiger partial charge >= 0.3 is 0 Å². The van der Waals surface area contributed by atoms with Crippen molar-refractivity contribution in [3.8, 4) is 11.5 Å². The normalized spacial score (nSPS) is 23.6. The van der Waals surface area contributed by atoms with E-state index < -0.39 is 0 Å². The molecule has 3 atom stereocenters. The molecule has 1 aromatic rings. The fourth-order valence-corrected chi connectivity index (χ4v) is 2.94. The Bertz CT molecular complexity index is 528. The number of ether oxygens (including phenoxy) is 5. The van der Waals surface area contributed by atoms with Gasteiger partial charge in [0.2, 0.25) is 0 Å². The first-order chi connectivity index (χ1) is 11.7. The van der Waals surface area contributed by atoms with Crippen LogP contribution in [0.1, 0.15) is 10.4 Å². The number of rotatable bonds is 7. The first-order valence-corrected chi connectivity index (χ1v) is 7.78. The van der Waals surface area contributed by atoms with Crippen LogP contribution in [0.25, 0.3) is 0 Å². The molecule has 1 aliphatic rings. The van der Waals surface area contributed by atoms with E-state index in [2.05, 4.69) is 5.32 Å². The van der Waals surface area contributed by atoms with Gasteiger partial charge in [-0.2, -0.15) is 0 Å². The second-order valence-electron chi connectivity index (χ2n) is 5.52. The standard InChI is InChI=1S/C17H25NO6/c1-20-12-6-5-7-13(21-2)15(12)17(19)18-8-11-9-24-10-14(22-3)16(11)23-4/h5-7,11,14,16H,8-10H2,1-4H3,(H,18,19)/t11-,14-,16+/m1/s1. The van der Waals surface area contributed by atoms with Gasteiger partial charge in [0.1, 0.15) is 23.2 Å². The maximum atomic E-state index is 12.6. The summed E-state index contributed by atoms with van der Waals surface area (Å²) in [5.41, 5.74) is 0.372. The lowest BCUT2D eigenvalue weighted by atomic mass is 9.96. The van der Waals surface area contributed by atoms with Crippen molar-refractivity contribution < 1.29 is 28.5 Å². The molecule has 1 aromatic carbocycles. The monoisotopic (exact) mass is 339 g/mol. The molecular weight excluding hydrogens is 314 g/mol. The van der Waals surface area contributed by atoms with Gasteiger partial charge in [-0.1, -0.05) is 6.07 Å². The first kappa shape index (κ1) is 18.5. The maximum absolute atomic E-state index is 12.6. The SMILES string of the molecule is COc1cccc(OC)c1C(=O)NC[C@@H]1COC[C@@H](OC)[C@H]1OC. The highest BCUT2D eigenvalue weighted by Crippen LogP contribution is 2.28. The first-order valence-electron chi connectivity index (χ1n) is 7.78. The highest BCUT2D eigenvalue weighted by molar-refractivity contribution is 5.99. The van der Waals surface area contributed by atoms with Crippen LogP contribution in [-0.4, -0.2) is 66.3 Å². The zero-order valence-electron chi connectivity index (χ0n) is 14.5. The van der Waals surface area contributed by atoms with Crippen LogP contribution in [0.15, 0.2) is 18.2 Å². The average Bonchev–Trinajstić information content (AvgIpc) is 2.64. The molecule has 1 aliphatic heterocycles. The number of hydrogen-bond donors (Lipinski definition) is 1. The Morgan fingerprint density at radius 3 is 2.33 bits per heavy atom. The van der Waals surface area contributed by atoms with Gasteiger partial charge in [0.05, 0.1) is 33.5 Å². The van der Waals surface area contributed by atoms with Gasteiger partial charge in [-0.25, -0.2) is 0 Å². The van der Waals surface area contributed by atoms with Gasteiger partial charge < -0.3 is 29.0 Å². The fraction of sp³-hybridized carbons (Fsp3) is 0.588. The van der Waals surface area contributed by atoms with Gasteiger partial charge in [-0.3, -0.25) is 4.79 Å². The molecule has 2 rings (SSSR count). The maximum Gasteiger partial charge on any atom is 0.258 e. The van der Waals surface area contributed by atoms with E-state index in [4.69, 9.17) is 23.7 Å². The summed E-state index contributed by atoms with van der Waals surface area (Å²) in [7, 11) is 6.30. The molecule has 134 valence electrons. The lowest BCUT2D eigenvalue weighted by molar-refractivity contribution is -0.145. The summed E-state index contributed by atoms with van der Waals surface area (Å²) in [5, 5.41) is 2.91. The molecule has 7 heteroatoms. The summed E-state index contributed by atoms with van der Waals surface area (Å²) >= 11 is 0. The van der Waals surface area contributed by atoms with Crippen molar-refractivity contribution in [2.24, 2.45) is 5.92 Å². The molecule has 0 aliphatic carbocycles. The number of carbonyl (C=O) groups is 1. The molecule has 0 radical (unpaired) electrons. The number of methoxy groups -OCH3 is 4. The van der Waals surface area contributed by atoms with Crippen molar-refractivity contribution in [1.29, 1.82) is 0 Å². The predicted molar refractivity (Wildman–Crippen MR) is 87.8 cm³/mol. The van der Waals surface area contributed by atoms with E-state index >= 15 is 0 Å². The van der Waals surface area contributed by atoms with Crippen molar-refractivity contribution in [1.82, 2.24) is 5.32 Å². The Balaban J connectivity index is 2.08. The third kappa shape index (κ3) is 3.98. The van der Waals surface area contributed by atoms with Crippen LogP contribution in [0.4, 0.5) is 0 Å². The molecule has 1 fully saturated rings. The third-order valence-corrected chi connectivity index (χ3v) is 4.20. The smallest absolute Gasteiger partial charge is 0.258 e. The number of nitrogens with one attached hydrogen (secondary N) is 1. The molecule has 0 aromatic heterocycles. The van der Waals surface area contributed by atoms with Gasteiger partial charge in [0.25, 0.3) is 5.91 Å². The Kier molecular flexibility index (Phi) is 6.84. The fourth-order valence-electron chi connectivity index (χ4n) is 2.94. The molecule has 0 spiro atoms. The van der Waals surface area contributed by atoms with E-state index in [1.54, 1.807) is 32.4 Å². The van der Waals surface area contributed by atoms with Gasteiger partial charge in [-0.15, -0.1) is 0 Å². The van der Waals surface area contributed by atoms with Crippen molar-refractivity contribution in [2.45, 2.75) is 12.2 Å². The Morgan fingerprint density at radius 2 is 1.79 bits per heavy atom. The van der Waals surface area contributed by atoms with Crippen LogP contribution in [0, 0.1) is 5.92 Å². The molecule has 1 N–H and O–H groups in total. The number of carbonyl (C=O) groups excluding carboxylic acids is 1. The number of amides is 1. The molecule has 0 bridgehead atoms. The zero-order valence-corrected chi connectivity index (χ0v) is 14.5. The quantitative estimate of drug-likeness (QED) is 0.802. The molecule has 24 heavy (non-hydrogen) atoms. The van der Waals surface area contributed by atoms with E-state index in [9.17, 15) is 4.79 Å². The molecule has 1 heterocycles. The molecule has 0 unspecified atom stereocenters. The van der Waals surface area contributed by atoms with E-state index in [0.29, 0.717) is 36.8 Å². The van der Waals surface area contributed by atoms with Crippen molar-refractivity contribution >= 4 is 5.91 Å². The summed E-state index contributed by atoms with van der Waals surface area (Å²) in [6.07, 6.45) is -0.282. The second-order valence-corrected chi connectivity index (χ2v) is 5.52. The number of hydrogen-bond acceptors (Lipinski definition) is 6. The molecule has 7 nitrogen and oxygen atoms in total. The summed E-state index contributed by atoms with van der Waals surface area (Å²) in [6.45, 7) is 1.39. The van der Waals surface area contributed by atoms with Crippen molar-refractivity contribution in [3.63, 3.8) is 0 Å². The third-order valence-electron chi connectivity index (χ3n) is 4.20. The zero-order chi connectivity index (χ0) is 17.5. The second kappa shape index (κ2) is 8.86. The Morgan fingerprint density at radius 1 is 1.12 bits per heavy atom. The van der Waals surface area contributed by atoms with Gasteiger partial charge in [0.15, 0.2) is 0 Å². The summed E-state index contributed by atoms with van der Waals surface area (Å²) in [4.78, 5) is 12.6. The van der Waals surface area contributed by atoms with E-state index in [1.165, 1.54) is 14.2 Å². The minimum absolute atomic E-state index is 0.00153. The summed E-state index contributed by atoms with van der Waals surface area (Å²) < 4.78 is 27.0. The van der Waals surface area contributed by atoms with Crippen LogP contribution in [0.3, 0.4) is 0 Å². The molecular formula is C17H25NO6. The predicted octanol–water partition coefficient (Wildman–Crippen LogP) is 1.11. The minimum Gasteiger partial charge on any atom is -0.496 e.